The summed E-state index contributed by atoms with van der Waals surface area (Å²) in [4.78, 5) is 1.10. The van der Waals surface area contributed by atoms with Crippen LogP contribution in [0.1, 0.15) is 24.7 Å². The van der Waals surface area contributed by atoms with Gasteiger partial charge in [-0.3, -0.25) is 0 Å². The summed E-state index contributed by atoms with van der Waals surface area (Å²) in [6, 6.07) is 20.2. The second-order valence-electron chi connectivity index (χ2n) is 13.1. The fourth-order valence-electron chi connectivity index (χ4n) is 7.41. The lowest BCUT2D eigenvalue weighted by molar-refractivity contribution is 1.18. The van der Waals surface area contributed by atoms with Gasteiger partial charge in [0.25, 0.3) is 0 Å². The van der Waals surface area contributed by atoms with Crippen molar-refractivity contribution in [1.29, 1.82) is 0 Å². The Kier molecular flexibility index (Phi) is 4.75. The van der Waals surface area contributed by atoms with Gasteiger partial charge in [-0.2, -0.15) is 0 Å². The van der Waals surface area contributed by atoms with E-state index in [9.17, 15) is 11.0 Å². The van der Waals surface area contributed by atoms with Crippen molar-refractivity contribution < 1.29 is 24.7 Å². The fourth-order valence-corrected chi connectivity index (χ4v) is 8.68. The van der Waals surface area contributed by atoms with Gasteiger partial charge in [0.2, 0.25) is 0 Å². The minimum atomic E-state index is -0.847. The summed E-state index contributed by atoms with van der Waals surface area (Å²) in [6.45, 7) is 0. The molecule has 2 heterocycles. The largest absolute Gasteiger partial charge is 0.310 e. The highest BCUT2D eigenvalue weighted by Crippen LogP contribution is 2.49. The van der Waals surface area contributed by atoms with E-state index in [0.717, 1.165) is 47.9 Å². The summed E-state index contributed by atoms with van der Waals surface area (Å²) >= 11 is 1.40. The number of benzene rings is 9. The minimum Gasteiger partial charge on any atom is -0.310 e. The zero-order valence-electron chi connectivity index (χ0n) is 47.7. The Morgan fingerprint density at radius 2 is 0.895 bits per heavy atom. The van der Waals surface area contributed by atoms with E-state index < -0.39 is 142 Å². The van der Waals surface area contributed by atoms with Gasteiger partial charge in [0, 0.05) is 53.6 Å². The van der Waals surface area contributed by atoms with Gasteiger partial charge in [0.15, 0.2) is 0 Å². The Labute approximate surface area is 361 Å². The van der Waals surface area contributed by atoms with Gasteiger partial charge < -0.3 is 9.47 Å². The Morgan fingerprint density at radius 1 is 0.404 bits per heavy atom. The molecule has 0 aliphatic rings. The van der Waals surface area contributed by atoms with E-state index in [1.807, 2.05) is 84.9 Å². The molecule has 0 saturated heterocycles. The lowest BCUT2D eigenvalue weighted by Crippen LogP contribution is -2.11. The molecule has 0 fully saturated rings. The van der Waals surface area contributed by atoms with Crippen LogP contribution in [0.2, 0.25) is 0 Å². The number of para-hydroxylation sites is 2. The number of nitrogens with zero attached hydrogens (tertiary/aromatic N) is 2. The molecule has 0 saturated carbocycles. The van der Waals surface area contributed by atoms with Gasteiger partial charge in [-0.25, -0.2) is 0 Å². The van der Waals surface area contributed by atoms with E-state index in [1.54, 1.807) is 12.1 Å². The lowest BCUT2D eigenvalue weighted by atomic mass is 9.98. The maximum Gasteiger partial charge on any atom is 0.0645 e. The van der Waals surface area contributed by atoms with Crippen molar-refractivity contribution in [3.63, 3.8) is 0 Å². The van der Waals surface area contributed by atoms with Crippen molar-refractivity contribution in [1.82, 2.24) is 4.57 Å². The van der Waals surface area contributed by atoms with Gasteiger partial charge in [-0.15, -0.1) is 11.3 Å². The predicted molar refractivity (Wildman–Crippen MR) is 245 cm³/mol. The molecule has 11 rings (SSSR count). The molecule has 0 aliphatic heterocycles. The van der Waals surface area contributed by atoms with E-state index >= 15 is 0 Å². The van der Waals surface area contributed by atoms with Crippen LogP contribution >= 0.6 is 11.3 Å². The average molecular weight is 763 g/mol. The maximum atomic E-state index is 9.75. The third kappa shape index (κ3) is 5.71. The van der Waals surface area contributed by atoms with Crippen LogP contribution < -0.4 is 4.90 Å². The first-order valence-electron chi connectivity index (χ1n) is 27.0. The van der Waals surface area contributed by atoms with Gasteiger partial charge in [0.05, 0.1) is 41.4 Å². The van der Waals surface area contributed by atoms with Crippen molar-refractivity contribution >= 4 is 70.4 Å². The molecule has 2 aromatic heterocycles. The Morgan fingerprint density at radius 3 is 1.46 bits per heavy atom. The topological polar surface area (TPSA) is 8.17 Å². The van der Waals surface area contributed by atoms with Gasteiger partial charge in [-0.1, -0.05) is 157 Å². The van der Waals surface area contributed by atoms with E-state index in [4.69, 9.17) is 13.7 Å². The molecule has 0 bridgehead atoms. The Balaban J connectivity index is 1.25. The average Bonchev–Trinajstić information content (AvgIpc) is 3.97. The van der Waals surface area contributed by atoms with Crippen LogP contribution in [0.25, 0.3) is 81.0 Å². The smallest absolute Gasteiger partial charge is 0.0645 e. The van der Waals surface area contributed by atoms with Crippen LogP contribution in [0.4, 0.5) is 17.1 Å². The van der Waals surface area contributed by atoms with Crippen molar-refractivity contribution in [3.8, 4) is 39.1 Å². The van der Waals surface area contributed by atoms with Crippen molar-refractivity contribution in [2.45, 2.75) is 0 Å². The summed E-state index contributed by atoms with van der Waals surface area (Å²) in [5.41, 5.74) is 0.0985. The number of hydrogen-bond donors (Lipinski definition) is 0. The summed E-state index contributed by atoms with van der Waals surface area (Å²) in [6.07, 6.45) is 0. The molecule has 0 radical (unpaired) electrons. The first-order valence-corrected chi connectivity index (χ1v) is 18.8. The standard InChI is InChI=1S/C54H36N2S/c1-3-13-37(14-4-1)39-23-29-42(30-24-39)55(43-31-25-40(26-32-43)38-15-5-2-6-16-38)51-36-35-48-47-19-9-12-22-52(47)57-54(48)53(51)41-27-33-44(34-28-41)56-49-20-10-7-17-45(49)46-18-8-11-21-50(46)56/h1-36H/i1D,2D,3D,4D,5D,6D,13D,14D,15D,16D,23D,24D,25D,26D,29D,30D,31D,32D. The third-order valence-corrected chi connectivity index (χ3v) is 11.1. The fraction of sp³-hybridized carbons (Fsp3) is 0. The number of rotatable bonds is 7. The van der Waals surface area contributed by atoms with Crippen molar-refractivity contribution in [2.75, 3.05) is 4.90 Å². The predicted octanol–water partition coefficient (Wildman–Crippen LogP) is 15.6. The zero-order chi connectivity index (χ0) is 53.4. The molecule has 0 atom stereocenters. The Bertz CT molecular complexity index is 3990. The molecule has 3 heteroatoms. The van der Waals surface area contributed by atoms with Crippen molar-refractivity contribution in [3.05, 3.63) is 218 Å². The molecule has 2 nitrogen and oxygen atoms in total. The van der Waals surface area contributed by atoms with Crippen LogP contribution in [0.3, 0.4) is 0 Å². The number of fused-ring (bicyclic) bond motifs is 6. The van der Waals surface area contributed by atoms with E-state index in [0.29, 0.717) is 15.8 Å². The number of thiophene rings is 1. The number of anilines is 3. The second-order valence-corrected chi connectivity index (χ2v) is 14.2. The van der Waals surface area contributed by atoms with Crippen molar-refractivity contribution in [2.24, 2.45) is 0 Å². The lowest BCUT2D eigenvalue weighted by Gasteiger charge is -2.29. The summed E-state index contributed by atoms with van der Waals surface area (Å²) in [5.74, 6) is 0. The quantitative estimate of drug-likeness (QED) is 0.157. The highest BCUT2D eigenvalue weighted by atomic mass is 32.1. The van der Waals surface area contributed by atoms with Crippen LogP contribution in [0, 0.1) is 0 Å². The Hall–Kier alpha value is -7.20. The molecule has 11 aromatic rings. The molecular formula is C54H36N2S. The van der Waals surface area contributed by atoms with E-state index in [-0.39, 0.29) is 5.69 Å². The molecule has 0 aliphatic carbocycles. The molecular weight excluding hydrogens is 709 g/mol. The molecule has 0 N–H and O–H groups in total. The summed E-state index contributed by atoms with van der Waals surface area (Å²) in [5, 5.41) is 3.73. The van der Waals surface area contributed by atoms with E-state index in [2.05, 4.69) is 16.7 Å². The first kappa shape index (κ1) is 19.6. The van der Waals surface area contributed by atoms with Gasteiger partial charge >= 0.3 is 0 Å². The molecule has 57 heavy (non-hydrogen) atoms. The van der Waals surface area contributed by atoms with E-state index in [1.165, 1.54) is 11.3 Å². The number of hydrogen-bond acceptors (Lipinski definition) is 2. The summed E-state index contributed by atoms with van der Waals surface area (Å²) in [7, 11) is 0. The monoisotopic (exact) mass is 762 g/mol. The molecule has 0 amide bonds. The van der Waals surface area contributed by atoms with Crippen LogP contribution in [0.15, 0.2) is 218 Å². The number of aromatic nitrogens is 1. The molecule has 9 aromatic carbocycles. The van der Waals surface area contributed by atoms with Crippen LogP contribution in [0.5, 0.6) is 0 Å². The highest BCUT2D eigenvalue weighted by Gasteiger charge is 2.22. The molecule has 268 valence electrons. The second kappa shape index (κ2) is 13.8. The highest BCUT2D eigenvalue weighted by molar-refractivity contribution is 7.26. The third-order valence-electron chi connectivity index (χ3n) is 9.93. The first-order chi connectivity index (χ1) is 35.8. The van der Waals surface area contributed by atoms with Gasteiger partial charge in [-0.05, 0) is 88.4 Å². The van der Waals surface area contributed by atoms with Crippen LogP contribution in [-0.4, -0.2) is 4.57 Å². The zero-order valence-corrected chi connectivity index (χ0v) is 30.5. The van der Waals surface area contributed by atoms with Gasteiger partial charge in [0.1, 0.15) is 0 Å². The molecule has 0 spiro atoms. The normalized spacial score (nSPS) is 15.9. The molecule has 0 unspecified atom stereocenters. The minimum absolute atomic E-state index is 0.0615. The summed E-state index contributed by atoms with van der Waals surface area (Å²) < 4.78 is 165. The van der Waals surface area contributed by atoms with Crippen LogP contribution in [-0.2, 0) is 0 Å². The maximum absolute atomic E-state index is 9.75. The SMILES string of the molecule is [2H]c1c([2H])c([2H])c(-c2c([2H])c([2H])c(N(c3ccc4c(sc5ccccc54)c3-c3ccc(-n4c5ccccc5c5ccccc54)cc3)c3c([2H])c([2H])c(-c4c([2H])c([2H])c([2H])c([2H])c4[2H])c([2H])c3[2H])c([2H])c2[2H])c([2H])c1[2H].